The zero-order chi connectivity index (χ0) is 18.9. The first-order valence-electron chi connectivity index (χ1n) is 10.00. The number of halogens is 1. The van der Waals surface area contributed by atoms with Gasteiger partial charge >= 0.3 is 0 Å². The van der Waals surface area contributed by atoms with Crippen molar-refractivity contribution in [2.45, 2.75) is 59.0 Å². The monoisotopic (exact) mass is 376 g/mol. The van der Waals surface area contributed by atoms with E-state index in [1.807, 2.05) is 13.0 Å². The first kappa shape index (κ1) is 18.4. The summed E-state index contributed by atoms with van der Waals surface area (Å²) in [6.45, 7) is 6.42. The Hall–Kier alpha value is -0.930. The van der Waals surface area contributed by atoms with Gasteiger partial charge in [-0.25, -0.2) is 0 Å². The lowest BCUT2D eigenvalue weighted by Crippen LogP contribution is -2.56. The van der Waals surface area contributed by atoms with Gasteiger partial charge in [0.25, 0.3) is 0 Å². The van der Waals surface area contributed by atoms with Crippen LogP contribution in [0.4, 0.5) is 0 Å². The molecule has 0 spiro atoms. The third-order valence-electron chi connectivity index (χ3n) is 8.53. The van der Waals surface area contributed by atoms with Gasteiger partial charge in [0.15, 0.2) is 5.78 Å². The van der Waals surface area contributed by atoms with E-state index in [-0.39, 0.29) is 39.6 Å². The molecule has 3 nitrogen and oxygen atoms in total. The molecule has 8 atom stereocenters. The highest BCUT2D eigenvalue weighted by molar-refractivity contribution is 6.63. The molecule has 0 aromatic carbocycles. The van der Waals surface area contributed by atoms with Crippen LogP contribution < -0.4 is 0 Å². The fourth-order valence-electron chi connectivity index (χ4n) is 7.34. The number of ketones is 1. The van der Waals surface area contributed by atoms with Gasteiger partial charge in [-0.3, -0.25) is 9.59 Å². The molecular formula is C22H29ClO3. The molecule has 0 radical (unpaired) electrons. The van der Waals surface area contributed by atoms with Crippen LogP contribution in [0.15, 0.2) is 23.8 Å². The maximum atomic E-state index is 11.8. The molecule has 0 bridgehead atoms. The largest absolute Gasteiger partial charge is 0.393 e. The van der Waals surface area contributed by atoms with Gasteiger partial charge in [-0.2, -0.15) is 0 Å². The van der Waals surface area contributed by atoms with Crippen LogP contribution in [0, 0.1) is 40.4 Å². The molecule has 1 N–H and O–H groups in total. The molecule has 4 aliphatic rings. The highest BCUT2D eigenvalue weighted by atomic mass is 35.5. The topological polar surface area (TPSA) is 54.4 Å². The molecule has 0 aromatic rings. The Bertz CT molecular complexity index is 710. The molecule has 0 heterocycles. The second-order valence-electron chi connectivity index (χ2n) is 9.58. The minimum absolute atomic E-state index is 0.0314. The molecular weight excluding hydrogens is 348 g/mol. The van der Waals surface area contributed by atoms with E-state index in [9.17, 15) is 14.7 Å². The summed E-state index contributed by atoms with van der Waals surface area (Å²) >= 11 is 5.85. The van der Waals surface area contributed by atoms with E-state index in [2.05, 4.69) is 13.8 Å². The predicted octanol–water partition coefficient (Wildman–Crippen LogP) is 4.28. The van der Waals surface area contributed by atoms with Crippen LogP contribution >= 0.6 is 11.6 Å². The van der Waals surface area contributed by atoms with E-state index < -0.39 is 6.10 Å². The van der Waals surface area contributed by atoms with Crippen molar-refractivity contribution in [3.05, 3.63) is 23.8 Å². The van der Waals surface area contributed by atoms with Crippen LogP contribution in [0.25, 0.3) is 0 Å². The van der Waals surface area contributed by atoms with Crippen LogP contribution in [0.3, 0.4) is 0 Å². The SMILES string of the molecule is CC(C(=O)Cl)[C@H]1CC[C@H]2[C@@H]3CCC4=CC(=O)C=C[C@]4(C)[C@H]3C(O)C[C@]12C. The van der Waals surface area contributed by atoms with E-state index in [0.29, 0.717) is 11.8 Å². The second kappa shape index (κ2) is 6.04. The molecule has 4 heteroatoms. The van der Waals surface area contributed by atoms with Crippen molar-refractivity contribution in [2.24, 2.45) is 40.4 Å². The smallest absolute Gasteiger partial charge is 0.224 e. The van der Waals surface area contributed by atoms with Gasteiger partial charge in [-0.15, -0.1) is 0 Å². The third-order valence-corrected chi connectivity index (χ3v) is 8.87. The van der Waals surface area contributed by atoms with E-state index in [1.54, 1.807) is 12.2 Å². The predicted molar refractivity (Wildman–Crippen MR) is 102 cm³/mol. The van der Waals surface area contributed by atoms with Crippen molar-refractivity contribution >= 4 is 22.6 Å². The average Bonchev–Trinajstić information content (AvgIpc) is 2.90. The van der Waals surface area contributed by atoms with Crippen molar-refractivity contribution in [1.29, 1.82) is 0 Å². The highest BCUT2D eigenvalue weighted by Crippen LogP contribution is 2.66. The Morgan fingerprint density at radius 2 is 2.04 bits per heavy atom. The molecule has 142 valence electrons. The van der Waals surface area contributed by atoms with E-state index in [4.69, 9.17) is 11.6 Å². The first-order chi connectivity index (χ1) is 12.2. The second-order valence-corrected chi connectivity index (χ2v) is 9.95. The van der Waals surface area contributed by atoms with Crippen LogP contribution in [0.1, 0.15) is 52.9 Å². The minimum Gasteiger partial charge on any atom is -0.393 e. The zero-order valence-corrected chi connectivity index (χ0v) is 16.6. The molecule has 3 fully saturated rings. The number of hydrogen-bond donors (Lipinski definition) is 1. The molecule has 4 aliphatic carbocycles. The summed E-state index contributed by atoms with van der Waals surface area (Å²) in [7, 11) is 0. The van der Waals surface area contributed by atoms with Gasteiger partial charge in [0.05, 0.1) is 6.10 Å². The minimum atomic E-state index is -0.411. The van der Waals surface area contributed by atoms with Crippen molar-refractivity contribution in [3.8, 4) is 0 Å². The Morgan fingerprint density at radius 1 is 1.31 bits per heavy atom. The lowest BCUT2D eigenvalue weighted by Gasteiger charge is -2.59. The molecule has 0 aromatic heterocycles. The molecule has 4 rings (SSSR count). The molecule has 3 saturated carbocycles. The Morgan fingerprint density at radius 3 is 2.73 bits per heavy atom. The lowest BCUT2D eigenvalue weighted by atomic mass is 9.46. The average molecular weight is 377 g/mol. The van der Waals surface area contributed by atoms with Gasteiger partial charge < -0.3 is 5.11 Å². The molecule has 0 aliphatic heterocycles. The quantitative estimate of drug-likeness (QED) is 0.731. The zero-order valence-electron chi connectivity index (χ0n) is 15.9. The van der Waals surface area contributed by atoms with Crippen molar-refractivity contribution in [1.82, 2.24) is 0 Å². The number of aliphatic hydroxyl groups excluding tert-OH is 1. The summed E-state index contributed by atoms with van der Waals surface area (Å²) in [5.74, 6) is 1.28. The van der Waals surface area contributed by atoms with Crippen molar-refractivity contribution in [2.75, 3.05) is 0 Å². The Kier molecular flexibility index (Phi) is 4.28. The van der Waals surface area contributed by atoms with Gasteiger partial charge in [0.2, 0.25) is 5.24 Å². The molecule has 2 unspecified atom stereocenters. The van der Waals surface area contributed by atoms with Crippen LogP contribution in [0.2, 0.25) is 0 Å². The number of carbonyl (C=O) groups is 2. The van der Waals surface area contributed by atoms with Gasteiger partial charge in [-0.1, -0.05) is 32.4 Å². The lowest BCUT2D eigenvalue weighted by molar-refractivity contribution is -0.130. The number of rotatable bonds is 2. The summed E-state index contributed by atoms with van der Waals surface area (Å²) in [4.78, 5) is 23.7. The molecule has 0 amide bonds. The third kappa shape index (κ3) is 2.43. The van der Waals surface area contributed by atoms with Crippen LogP contribution in [-0.4, -0.2) is 22.2 Å². The van der Waals surface area contributed by atoms with Gasteiger partial charge in [-0.05, 0) is 79.0 Å². The summed E-state index contributed by atoms with van der Waals surface area (Å²) in [6.07, 6.45) is 9.92. The number of allylic oxidation sites excluding steroid dienone is 4. The fraction of sp³-hybridized carbons (Fsp3) is 0.727. The number of carbonyl (C=O) groups excluding carboxylic acids is 2. The van der Waals surface area contributed by atoms with Gasteiger partial charge in [0.1, 0.15) is 0 Å². The summed E-state index contributed by atoms with van der Waals surface area (Å²) in [6, 6.07) is 0. The molecule has 26 heavy (non-hydrogen) atoms. The maximum absolute atomic E-state index is 11.8. The number of hydrogen-bond acceptors (Lipinski definition) is 3. The normalized spacial score (nSPS) is 48.3. The van der Waals surface area contributed by atoms with E-state index in [0.717, 1.165) is 32.1 Å². The number of fused-ring (bicyclic) bond motifs is 5. The van der Waals surface area contributed by atoms with Crippen LogP contribution in [0.5, 0.6) is 0 Å². The fourth-order valence-corrected chi connectivity index (χ4v) is 7.50. The van der Waals surface area contributed by atoms with Crippen molar-refractivity contribution < 1.29 is 14.7 Å². The standard InChI is InChI=1S/C22H29ClO3/c1-12(20(23)26)16-6-7-17-15-5-4-13-10-14(24)8-9-21(13,2)19(15)18(25)11-22(16,17)3/h8-10,12,15-19,25H,4-7,11H2,1-3H3/t12?,15-,16+,17-,18?,19+,21-,22+/m0/s1. The van der Waals surface area contributed by atoms with Gasteiger partial charge in [0, 0.05) is 17.3 Å². The Labute approximate surface area is 160 Å². The first-order valence-corrected chi connectivity index (χ1v) is 10.4. The van der Waals surface area contributed by atoms with E-state index in [1.165, 1.54) is 5.57 Å². The summed E-state index contributed by atoms with van der Waals surface area (Å²) < 4.78 is 0. The number of aliphatic hydroxyl groups is 1. The summed E-state index contributed by atoms with van der Waals surface area (Å²) in [5.41, 5.74) is 0.938. The molecule has 0 saturated heterocycles. The van der Waals surface area contributed by atoms with E-state index >= 15 is 0 Å². The highest BCUT2D eigenvalue weighted by Gasteiger charge is 2.62. The Balaban J connectivity index is 1.70. The van der Waals surface area contributed by atoms with Crippen LogP contribution in [-0.2, 0) is 9.59 Å². The van der Waals surface area contributed by atoms with Crippen molar-refractivity contribution in [3.63, 3.8) is 0 Å². The maximum Gasteiger partial charge on any atom is 0.224 e. The summed E-state index contributed by atoms with van der Waals surface area (Å²) in [5, 5.41) is 11.0.